The zero-order chi connectivity index (χ0) is 14.8. The minimum Gasteiger partial charge on any atom is -0.493 e. The summed E-state index contributed by atoms with van der Waals surface area (Å²) in [5.41, 5.74) is 0.385. The fourth-order valence-electron chi connectivity index (χ4n) is 2.46. The molecule has 0 atom stereocenters. The molecule has 20 heavy (non-hydrogen) atoms. The van der Waals surface area contributed by atoms with E-state index in [0.717, 1.165) is 29.3 Å². The average Bonchev–Trinajstić information content (AvgIpc) is 2.35. The van der Waals surface area contributed by atoms with Crippen LogP contribution in [0.5, 0.6) is 11.5 Å². The molecule has 0 aliphatic heterocycles. The van der Waals surface area contributed by atoms with Gasteiger partial charge in [0, 0.05) is 10.0 Å². The molecule has 0 spiro atoms. The molecule has 1 aromatic rings. The van der Waals surface area contributed by atoms with E-state index in [1.54, 1.807) is 13.2 Å². The molecule has 108 valence electrons. The van der Waals surface area contributed by atoms with Gasteiger partial charge in [0.1, 0.15) is 5.54 Å². The quantitative estimate of drug-likeness (QED) is 0.602. The number of benzene rings is 1. The number of ether oxygens (including phenoxy) is 2. The van der Waals surface area contributed by atoms with Gasteiger partial charge in [-0.25, -0.2) is 4.79 Å². The number of halogens is 1. The van der Waals surface area contributed by atoms with Crippen LogP contribution in [0.25, 0.3) is 0 Å². The predicted molar refractivity (Wildman–Crippen MR) is 80.1 cm³/mol. The Morgan fingerprint density at radius 2 is 2.10 bits per heavy atom. The van der Waals surface area contributed by atoms with Crippen LogP contribution in [0.15, 0.2) is 21.6 Å². The molecule has 0 radical (unpaired) electrons. The number of aliphatic imine (C=N–C) groups is 1. The highest BCUT2D eigenvalue weighted by Gasteiger charge is 2.42. The molecule has 0 N–H and O–H groups in total. The highest BCUT2D eigenvalue weighted by Crippen LogP contribution is 2.51. The van der Waals surface area contributed by atoms with E-state index in [9.17, 15) is 4.79 Å². The van der Waals surface area contributed by atoms with E-state index in [-0.39, 0.29) is 6.10 Å². The number of nitrogens with zero attached hydrogens (tertiary/aromatic N) is 1. The van der Waals surface area contributed by atoms with Gasteiger partial charge >= 0.3 is 0 Å². The van der Waals surface area contributed by atoms with Crippen molar-refractivity contribution < 1.29 is 14.3 Å². The van der Waals surface area contributed by atoms with E-state index < -0.39 is 5.54 Å². The van der Waals surface area contributed by atoms with E-state index >= 15 is 0 Å². The van der Waals surface area contributed by atoms with Crippen molar-refractivity contribution in [1.29, 1.82) is 0 Å². The zero-order valence-electron chi connectivity index (χ0n) is 11.9. The maximum absolute atomic E-state index is 10.8. The molecule has 0 unspecified atom stereocenters. The first-order valence-electron chi connectivity index (χ1n) is 6.66. The fourth-order valence-corrected chi connectivity index (χ4v) is 2.90. The third kappa shape index (κ3) is 2.74. The summed E-state index contributed by atoms with van der Waals surface area (Å²) in [6.07, 6.45) is 4.43. The van der Waals surface area contributed by atoms with Crippen molar-refractivity contribution in [2.45, 2.75) is 44.8 Å². The first kappa shape index (κ1) is 15.1. The highest BCUT2D eigenvalue weighted by molar-refractivity contribution is 9.10. The first-order chi connectivity index (χ1) is 9.52. The molecular formula is C15H18BrNO3. The zero-order valence-corrected chi connectivity index (χ0v) is 13.5. The average molecular weight is 340 g/mol. The van der Waals surface area contributed by atoms with Gasteiger partial charge in [0.05, 0.1) is 13.2 Å². The van der Waals surface area contributed by atoms with Crippen LogP contribution in [0, 0.1) is 0 Å². The molecule has 1 saturated carbocycles. The summed E-state index contributed by atoms with van der Waals surface area (Å²) in [5, 5.41) is 0. The Morgan fingerprint density at radius 3 is 2.55 bits per heavy atom. The van der Waals surface area contributed by atoms with E-state index in [4.69, 9.17) is 9.47 Å². The van der Waals surface area contributed by atoms with E-state index in [0.29, 0.717) is 11.5 Å². The van der Waals surface area contributed by atoms with Crippen molar-refractivity contribution in [3.63, 3.8) is 0 Å². The Morgan fingerprint density at radius 1 is 1.40 bits per heavy atom. The number of methoxy groups -OCH3 is 1. The van der Waals surface area contributed by atoms with Crippen LogP contribution >= 0.6 is 15.9 Å². The van der Waals surface area contributed by atoms with Gasteiger partial charge < -0.3 is 9.47 Å². The van der Waals surface area contributed by atoms with Crippen molar-refractivity contribution in [3.8, 4) is 11.5 Å². The SMILES string of the molecule is COc1cc(Br)cc(C2(N=C=O)CCC2)c1OC(C)C. The van der Waals surface area contributed by atoms with E-state index in [2.05, 4.69) is 20.9 Å². The molecule has 1 aromatic carbocycles. The third-order valence-electron chi connectivity index (χ3n) is 3.53. The second-order valence-corrected chi connectivity index (χ2v) is 6.16. The maximum atomic E-state index is 10.8. The molecule has 0 aromatic heterocycles. The van der Waals surface area contributed by atoms with Crippen LogP contribution in [-0.2, 0) is 10.3 Å². The third-order valence-corrected chi connectivity index (χ3v) is 3.99. The fraction of sp³-hybridized carbons (Fsp3) is 0.533. The second kappa shape index (κ2) is 5.98. The lowest BCUT2D eigenvalue weighted by atomic mass is 9.72. The van der Waals surface area contributed by atoms with Crippen molar-refractivity contribution >= 4 is 22.0 Å². The molecule has 2 rings (SSSR count). The van der Waals surface area contributed by atoms with Crippen molar-refractivity contribution in [3.05, 3.63) is 22.2 Å². The second-order valence-electron chi connectivity index (χ2n) is 5.24. The highest BCUT2D eigenvalue weighted by atomic mass is 79.9. The van der Waals surface area contributed by atoms with Crippen molar-refractivity contribution in [2.75, 3.05) is 7.11 Å². The van der Waals surface area contributed by atoms with Gasteiger partial charge in [0.25, 0.3) is 0 Å². The Kier molecular flexibility index (Phi) is 4.51. The van der Waals surface area contributed by atoms with Gasteiger partial charge in [-0.3, -0.25) is 0 Å². The van der Waals surface area contributed by atoms with E-state index in [1.165, 1.54) is 0 Å². The smallest absolute Gasteiger partial charge is 0.235 e. The van der Waals surface area contributed by atoms with Crippen molar-refractivity contribution in [2.24, 2.45) is 4.99 Å². The number of hydrogen-bond acceptors (Lipinski definition) is 4. The molecular weight excluding hydrogens is 322 g/mol. The Hall–Kier alpha value is -1.32. The normalized spacial score (nSPS) is 16.2. The maximum Gasteiger partial charge on any atom is 0.235 e. The molecule has 5 heteroatoms. The Bertz CT molecular complexity index is 546. The Labute approximate surface area is 127 Å². The number of hydrogen-bond donors (Lipinski definition) is 0. The largest absolute Gasteiger partial charge is 0.493 e. The molecule has 4 nitrogen and oxygen atoms in total. The van der Waals surface area contributed by atoms with Crippen LogP contribution in [-0.4, -0.2) is 19.3 Å². The number of carbonyl (C=O) groups excluding carboxylic acids is 1. The summed E-state index contributed by atoms with van der Waals surface area (Å²) in [6, 6.07) is 3.82. The molecule has 1 fully saturated rings. The minimum atomic E-state index is -0.511. The molecule has 0 saturated heterocycles. The summed E-state index contributed by atoms with van der Waals surface area (Å²) < 4.78 is 12.2. The van der Waals surface area contributed by atoms with Gasteiger partial charge in [-0.05, 0) is 45.2 Å². The molecule has 0 bridgehead atoms. The molecule has 1 aliphatic carbocycles. The van der Waals surface area contributed by atoms with Crippen molar-refractivity contribution in [1.82, 2.24) is 0 Å². The summed E-state index contributed by atoms with van der Waals surface area (Å²) in [6.45, 7) is 3.92. The lowest BCUT2D eigenvalue weighted by molar-refractivity contribution is 0.202. The van der Waals surface area contributed by atoms with E-state index in [1.807, 2.05) is 26.0 Å². The van der Waals surface area contributed by atoms with Gasteiger partial charge in [-0.1, -0.05) is 15.9 Å². The summed E-state index contributed by atoms with van der Waals surface area (Å²) in [7, 11) is 1.61. The summed E-state index contributed by atoms with van der Waals surface area (Å²) in [5.74, 6) is 1.32. The van der Waals surface area contributed by atoms with Crippen LogP contribution in [0.2, 0.25) is 0 Å². The summed E-state index contributed by atoms with van der Waals surface area (Å²) in [4.78, 5) is 14.8. The molecule has 0 heterocycles. The van der Waals surface area contributed by atoms with Crippen LogP contribution in [0.4, 0.5) is 0 Å². The number of isocyanates is 1. The molecule has 1 aliphatic rings. The minimum absolute atomic E-state index is 0.0150. The molecule has 0 amide bonds. The first-order valence-corrected chi connectivity index (χ1v) is 7.45. The Balaban J connectivity index is 2.60. The predicted octanol–water partition coefficient (Wildman–Crippen LogP) is 3.96. The topological polar surface area (TPSA) is 47.9 Å². The van der Waals surface area contributed by atoms with Gasteiger partial charge in [0.2, 0.25) is 6.08 Å². The van der Waals surface area contributed by atoms with Crippen LogP contribution < -0.4 is 9.47 Å². The number of rotatable bonds is 5. The van der Waals surface area contributed by atoms with Crippen LogP contribution in [0.3, 0.4) is 0 Å². The summed E-state index contributed by atoms with van der Waals surface area (Å²) >= 11 is 3.48. The monoisotopic (exact) mass is 339 g/mol. The van der Waals surface area contributed by atoms with Gasteiger partial charge in [-0.2, -0.15) is 4.99 Å². The lowest BCUT2D eigenvalue weighted by Gasteiger charge is -2.38. The van der Waals surface area contributed by atoms with Gasteiger partial charge in [-0.15, -0.1) is 0 Å². The van der Waals surface area contributed by atoms with Crippen LogP contribution in [0.1, 0.15) is 38.7 Å². The van der Waals surface area contributed by atoms with Gasteiger partial charge in [0.15, 0.2) is 11.5 Å². The standard InChI is InChI=1S/C15H18BrNO3/c1-10(2)20-14-12(7-11(16)8-13(14)19-3)15(17-9-18)5-4-6-15/h7-8,10H,4-6H2,1-3H3. The lowest BCUT2D eigenvalue weighted by Crippen LogP contribution is -2.33.